The van der Waals surface area contributed by atoms with Gasteiger partial charge in [0, 0.05) is 18.7 Å². The molecule has 0 spiro atoms. The minimum atomic E-state index is 0.0918. The summed E-state index contributed by atoms with van der Waals surface area (Å²) in [6.07, 6.45) is 3.05. The second-order valence-corrected chi connectivity index (χ2v) is 5.29. The number of aromatic nitrogens is 1. The molecule has 1 aromatic carbocycles. The number of aryl methyl sites for hydroxylation is 1. The van der Waals surface area contributed by atoms with E-state index in [1.165, 1.54) is 5.56 Å². The lowest BCUT2D eigenvalue weighted by Crippen LogP contribution is -2.21. The van der Waals surface area contributed by atoms with Gasteiger partial charge in [-0.25, -0.2) is 0 Å². The van der Waals surface area contributed by atoms with E-state index in [9.17, 15) is 0 Å². The van der Waals surface area contributed by atoms with Crippen LogP contribution in [0.2, 0.25) is 0 Å². The molecule has 1 aromatic heterocycles. The Kier molecular flexibility index (Phi) is 3.97. The molecule has 1 N–H and O–H groups in total. The number of pyridine rings is 1. The quantitative estimate of drug-likeness (QED) is 0.925. The van der Waals surface area contributed by atoms with Gasteiger partial charge in [-0.2, -0.15) is 0 Å². The molecule has 3 heteroatoms. The maximum atomic E-state index is 6.31. The molecule has 20 heavy (non-hydrogen) atoms. The Hall–Kier alpha value is -1.87. The number of hydrogen-bond donors (Lipinski definition) is 1. The SMILES string of the molecule is Cc1ncccc1O[C@H](c1ccccc1)C1CCNC1. The van der Waals surface area contributed by atoms with Crippen molar-refractivity contribution in [3.8, 4) is 5.75 Å². The van der Waals surface area contributed by atoms with Crippen molar-refractivity contribution in [2.45, 2.75) is 19.4 Å². The van der Waals surface area contributed by atoms with Crippen LogP contribution in [0.15, 0.2) is 48.7 Å². The highest BCUT2D eigenvalue weighted by molar-refractivity contribution is 5.28. The third-order valence-corrected chi connectivity index (χ3v) is 3.87. The van der Waals surface area contributed by atoms with Crippen molar-refractivity contribution in [1.82, 2.24) is 10.3 Å². The summed E-state index contributed by atoms with van der Waals surface area (Å²) < 4.78 is 6.31. The molecule has 1 unspecified atom stereocenters. The molecule has 1 aliphatic rings. The first-order valence-electron chi connectivity index (χ1n) is 7.18. The van der Waals surface area contributed by atoms with Gasteiger partial charge >= 0.3 is 0 Å². The van der Waals surface area contributed by atoms with E-state index in [0.717, 1.165) is 31.0 Å². The smallest absolute Gasteiger partial charge is 0.141 e. The highest BCUT2D eigenvalue weighted by atomic mass is 16.5. The topological polar surface area (TPSA) is 34.1 Å². The summed E-state index contributed by atoms with van der Waals surface area (Å²) in [6.45, 7) is 4.08. The molecule has 0 saturated carbocycles. The van der Waals surface area contributed by atoms with Crippen LogP contribution in [0.5, 0.6) is 5.75 Å². The average molecular weight is 268 g/mol. The van der Waals surface area contributed by atoms with Gasteiger partial charge in [-0.15, -0.1) is 0 Å². The summed E-state index contributed by atoms with van der Waals surface area (Å²) in [6, 6.07) is 14.4. The fourth-order valence-electron chi connectivity index (χ4n) is 2.75. The van der Waals surface area contributed by atoms with Crippen LogP contribution in [0.4, 0.5) is 0 Å². The predicted molar refractivity (Wildman–Crippen MR) is 79.8 cm³/mol. The largest absolute Gasteiger partial charge is 0.483 e. The normalized spacial score (nSPS) is 19.8. The van der Waals surface area contributed by atoms with Gasteiger partial charge in [0.15, 0.2) is 0 Å². The van der Waals surface area contributed by atoms with Crippen LogP contribution in [-0.4, -0.2) is 18.1 Å². The van der Waals surface area contributed by atoms with E-state index in [0.29, 0.717) is 5.92 Å². The maximum Gasteiger partial charge on any atom is 0.141 e. The number of rotatable bonds is 4. The molecule has 2 atom stereocenters. The van der Waals surface area contributed by atoms with Crippen molar-refractivity contribution >= 4 is 0 Å². The molecule has 0 bridgehead atoms. The molecule has 1 aliphatic heterocycles. The monoisotopic (exact) mass is 268 g/mol. The lowest BCUT2D eigenvalue weighted by Gasteiger charge is -2.25. The number of nitrogens with zero attached hydrogens (tertiary/aromatic N) is 1. The highest BCUT2D eigenvalue weighted by Crippen LogP contribution is 2.32. The van der Waals surface area contributed by atoms with Gasteiger partial charge in [0.2, 0.25) is 0 Å². The molecular formula is C17H20N2O. The van der Waals surface area contributed by atoms with E-state index >= 15 is 0 Å². The Labute approximate surface area is 120 Å². The molecule has 0 aliphatic carbocycles. The first kappa shape index (κ1) is 13.1. The Morgan fingerprint density at radius 3 is 2.75 bits per heavy atom. The van der Waals surface area contributed by atoms with E-state index in [2.05, 4.69) is 34.6 Å². The van der Waals surface area contributed by atoms with E-state index in [1.54, 1.807) is 6.20 Å². The lowest BCUT2D eigenvalue weighted by molar-refractivity contribution is 0.143. The second kappa shape index (κ2) is 6.06. The molecule has 1 saturated heterocycles. The summed E-state index contributed by atoms with van der Waals surface area (Å²) in [5, 5.41) is 3.43. The molecule has 104 valence electrons. The second-order valence-electron chi connectivity index (χ2n) is 5.29. The van der Waals surface area contributed by atoms with E-state index < -0.39 is 0 Å². The van der Waals surface area contributed by atoms with Crippen LogP contribution < -0.4 is 10.1 Å². The minimum absolute atomic E-state index is 0.0918. The van der Waals surface area contributed by atoms with Crippen molar-refractivity contribution in [2.24, 2.45) is 5.92 Å². The third-order valence-electron chi connectivity index (χ3n) is 3.87. The number of hydrogen-bond acceptors (Lipinski definition) is 3. The first-order valence-corrected chi connectivity index (χ1v) is 7.18. The van der Waals surface area contributed by atoms with Crippen molar-refractivity contribution in [3.05, 3.63) is 59.9 Å². The van der Waals surface area contributed by atoms with Gasteiger partial charge in [-0.1, -0.05) is 30.3 Å². The summed E-state index contributed by atoms with van der Waals surface area (Å²) in [5.41, 5.74) is 2.18. The summed E-state index contributed by atoms with van der Waals surface area (Å²) in [5.74, 6) is 1.39. The Balaban J connectivity index is 1.88. The summed E-state index contributed by atoms with van der Waals surface area (Å²) in [4.78, 5) is 4.31. The van der Waals surface area contributed by atoms with Gasteiger partial charge in [0.25, 0.3) is 0 Å². The van der Waals surface area contributed by atoms with Crippen LogP contribution in [0.1, 0.15) is 23.8 Å². The Bertz CT molecular complexity index is 550. The number of nitrogens with one attached hydrogen (secondary N) is 1. The van der Waals surface area contributed by atoms with E-state index in [1.807, 2.05) is 25.1 Å². The van der Waals surface area contributed by atoms with Crippen LogP contribution in [0, 0.1) is 12.8 Å². The van der Waals surface area contributed by atoms with Crippen LogP contribution in [-0.2, 0) is 0 Å². The molecule has 3 rings (SSSR count). The minimum Gasteiger partial charge on any atom is -0.483 e. The van der Waals surface area contributed by atoms with Crippen LogP contribution >= 0.6 is 0 Å². The Morgan fingerprint density at radius 2 is 2.05 bits per heavy atom. The maximum absolute atomic E-state index is 6.31. The van der Waals surface area contributed by atoms with Crippen molar-refractivity contribution in [3.63, 3.8) is 0 Å². The number of ether oxygens (including phenoxy) is 1. The molecule has 1 fully saturated rings. The molecule has 2 aromatic rings. The summed E-state index contributed by atoms with van der Waals surface area (Å²) >= 11 is 0. The molecular weight excluding hydrogens is 248 g/mol. The lowest BCUT2D eigenvalue weighted by atomic mass is 9.95. The highest BCUT2D eigenvalue weighted by Gasteiger charge is 2.28. The van der Waals surface area contributed by atoms with Crippen molar-refractivity contribution in [1.29, 1.82) is 0 Å². The van der Waals surface area contributed by atoms with Crippen molar-refractivity contribution in [2.75, 3.05) is 13.1 Å². The fourth-order valence-corrected chi connectivity index (χ4v) is 2.75. The van der Waals surface area contributed by atoms with Gasteiger partial charge in [0.05, 0.1) is 5.69 Å². The van der Waals surface area contributed by atoms with Gasteiger partial charge in [-0.3, -0.25) is 4.98 Å². The van der Waals surface area contributed by atoms with Gasteiger partial charge in [-0.05, 0) is 37.6 Å². The first-order chi connectivity index (χ1) is 9.84. The molecule has 0 amide bonds. The van der Waals surface area contributed by atoms with Crippen molar-refractivity contribution < 1.29 is 4.74 Å². The van der Waals surface area contributed by atoms with Gasteiger partial charge in [0.1, 0.15) is 11.9 Å². The third kappa shape index (κ3) is 2.83. The Morgan fingerprint density at radius 1 is 1.20 bits per heavy atom. The fraction of sp³-hybridized carbons (Fsp3) is 0.353. The zero-order valence-electron chi connectivity index (χ0n) is 11.8. The van der Waals surface area contributed by atoms with E-state index in [-0.39, 0.29) is 6.10 Å². The molecule has 3 nitrogen and oxygen atoms in total. The van der Waals surface area contributed by atoms with Gasteiger partial charge < -0.3 is 10.1 Å². The average Bonchev–Trinajstić information content (AvgIpc) is 3.01. The summed E-state index contributed by atoms with van der Waals surface area (Å²) in [7, 11) is 0. The predicted octanol–water partition coefficient (Wildman–Crippen LogP) is 3.12. The zero-order chi connectivity index (χ0) is 13.8. The number of benzene rings is 1. The van der Waals surface area contributed by atoms with E-state index in [4.69, 9.17) is 4.74 Å². The van der Waals surface area contributed by atoms with Crippen LogP contribution in [0.3, 0.4) is 0 Å². The standard InChI is InChI=1S/C17H20N2O/c1-13-16(8-5-10-19-13)20-17(15-9-11-18-12-15)14-6-3-2-4-7-14/h2-8,10,15,17-18H,9,11-12H2,1H3/t15?,17-/m1/s1. The molecule has 2 heterocycles. The van der Waals surface area contributed by atoms with Crippen LogP contribution in [0.25, 0.3) is 0 Å². The molecule has 0 radical (unpaired) electrons. The zero-order valence-corrected chi connectivity index (χ0v) is 11.8.